The molecular weight excluding hydrogens is 482 g/mol. The molecule has 1 atom stereocenters. The lowest BCUT2D eigenvalue weighted by molar-refractivity contribution is 0.0499. The van der Waals surface area contributed by atoms with Crippen molar-refractivity contribution < 1.29 is 9.53 Å². The van der Waals surface area contributed by atoms with Gasteiger partial charge < -0.3 is 19.9 Å². The van der Waals surface area contributed by atoms with Crippen LogP contribution in [0.2, 0.25) is 0 Å². The van der Waals surface area contributed by atoms with Crippen molar-refractivity contribution >= 4 is 29.2 Å². The smallest absolute Gasteiger partial charge is 0.407 e. The highest BCUT2D eigenvalue weighted by molar-refractivity contribution is 5.76. The minimum Gasteiger partial charge on any atom is -0.444 e. The van der Waals surface area contributed by atoms with Gasteiger partial charge in [-0.2, -0.15) is 9.97 Å². The number of piperidine rings is 2. The van der Waals surface area contributed by atoms with Crippen LogP contribution < -0.4 is 20.7 Å². The van der Waals surface area contributed by atoms with E-state index in [0.29, 0.717) is 36.2 Å². The van der Waals surface area contributed by atoms with Crippen molar-refractivity contribution in [2.45, 2.75) is 71.1 Å². The minimum atomic E-state index is -0.556. The molecule has 2 aliphatic heterocycles. The third-order valence-electron chi connectivity index (χ3n) is 7.19. The Hall–Kier alpha value is -3.56. The number of ether oxygens (including phenoxy) is 1. The second-order valence-corrected chi connectivity index (χ2v) is 11.4. The first-order valence-electron chi connectivity index (χ1n) is 13.7. The van der Waals surface area contributed by atoms with E-state index in [1.807, 2.05) is 43.5 Å². The first-order valence-corrected chi connectivity index (χ1v) is 13.7. The van der Waals surface area contributed by atoms with Gasteiger partial charge in [-0.15, -0.1) is 0 Å². The van der Waals surface area contributed by atoms with Gasteiger partial charge in [0, 0.05) is 39.3 Å². The maximum atomic E-state index is 13.8. The first kappa shape index (κ1) is 26.1. The molecule has 2 saturated heterocycles. The number of benzene rings is 1. The lowest BCUT2D eigenvalue weighted by atomic mass is 10.1. The molecule has 0 spiro atoms. The first-order chi connectivity index (χ1) is 18.2. The molecule has 1 aromatic carbocycles. The molecule has 10 nitrogen and oxygen atoms in total. The lowest BCUT2D eigenvalue weighted by Crippen LogP contribution is -2.49. The maximum absolute atomic E-state index is 13.8. The second kappa shape index (κ2) is 10.7. The number of amides is 1. The summed E-state index contributed by atoms with van der Waals surface area (Å²) in [7, 11) is 1.81. The van der Waals surface area contributed by atoms with Gasteiger partial charge in [0.1, 0.15) is 5.60 Å². The van der Waals surface area contributed by atoms with Crippen molar-refractivity contribution in [1.29, 1.82) is 0 Å². The summed E-state index contributed by atoms with van der Waals surface area (Å²) in [5.41, 5.74) is 1.41. The average Bonchev–Trinajstić information content (AvgIpc) is 3.24. The van der Waals surface area contributed by atoms with Crippen molar-refractivity contribution in [3.8, 4) is 0 Å². The molecule has 0 radical (unpaired) electrons. The molecule has 204 valence electrons. The van der Waals surface area contributed by atoms with Crippen molar-refractivity contribution in [3.63, 3.8) is 0 Å². The summed E-state index contributed by atoms with van der Waals surface area (Å²) >= 11 is 0. The topological polar surface area (TPSA) is 97.5 Å². The Bertz CT molecular complexity index is 1340. The van der Waals surface area contributed by atoms with Crippen molar-refractivity contribution in [2.75, 3.05) is 36.0 Å². The number of alkyl carbamates (subject to hydrolysis) is 1. The molecular formula is C28H39N7O3. The van der Waals surface area contributed by atoms with Crippen LogP contribution in [-0.4, -0.2) is 63.0 Å². The van der Waals surface area contributed by atoms with Gasteiger partial charge in [-0.05, 0) is 58.4 Å². The molecule has 2 aliphatic rings. The molecule has 10 heteroatoms. The van der Waals surface area contributed by atoms with Crippen molar-refractivity contribution in [3.05, 3.63) is 46.2 Å². The molecule has 4 heterocycles. The second-order valence-electron chi connectivity index (χ2n) is 11.4. The fraction of sp³-hybridized carbons (Fsp3) is 0.571. The molecule has 5 rings (SSSR count). The van der Waals surface area contributed by atoms with Crippen LogP contribution in [0.3, 0.4) is 0 Å². The zero-order valence-corrected chi connectivity index (χ0v) is 22.9. The molecule has 2 fully saturated rings. The lowest BCUT2D eigenvalue weighted by Gasteiger charge is -2.34. The molecule has 1 N–H and O–H groups in total. The third kappa shape index (κ3) is 5.63. The van der Waals surface area contributed by atoms with Crippen LogP contribution >= 0.6 is 0 Å². The molecule has 0 aliphatic carbocycles. The number of rotatable bonds is 5. The molecule has 1 amide bonds. The monoisotopic (exact) mass is 521 g/mol. The van der Waals surface area contributed by atoms with Gasteiger partial charge in [-0.25, -0.2) is 4.79 Å². The number of fused-ring (bicyclic) bond motifs is 1. The summed E-state index contributed by atoms with van der Waals surface area (Å²) in [6, 6.07) is 10.0. The normalized spacial score (nSPS) is 18.6. The Balaban J connectivity index is 1.52. The summed E-state index contributed by atoms with van der Waals surface area (Å²) < 4.78 is 9.15. The van der Waals surface area contributed by atoms with Gasteiger partial charge in [0.15, 0.2) is 11.2 Å². The van der Waals surface area contributed by atoms with E-state index in [1.165, 1.54) is 6.42 Å². The SMILES string of the molecule is Cn1c(N2CCCCC2)nc2nc(N3CCCC(NC(=O)OC(C)(C)C)C3)n(Cc3ccccc3)c2c1=O. The Morgan fingerprint density at radius 3 is 2.39 bits per heavy atom. The van der Waals surface area contributed by atoms with Gasteiger partial charge >= 0.3 is 6.09 Å². The summed E-state index contributed by atoms with van der Waals surface area (Å²) in [5, 5.41) is 3.02. The van der Waals surface area contributed by atoms with E-state index in [9.17, 15) is 9.59 Å². The number of carbonyl (C=O) groups excluding carboxylic acids is 1. The highest BCUT2D eigenvalue weighted by Crippen LogP contribution is 2.26. The van der Waals surface area contributed by atoms with Crippen LogP contribution in [0.15, 0.2) is 35.1 Å². The predicted octanol–water partition coefficient (Wildman–Crippen LogP) is 3.66. The molecule has 38 heavy (non-hydrogen) atoms. The van der Waals surface area contributed by atoms with E-state index in [2.05, 4.69) is 27.2 Å². The quantitative estimate of drug-likeness (QED) is 0.547. The Labute approximate surface area is 223 Å². The van der Waals surface area contributed by atoms with E-state index in [4.69, 9.17) is 14.7 Å². The summed E-state index contributed by atoms with van der Waals surface area (Å²) in [4.78, 5) is 40.5. The third-order valence-corrected chi connectivity index (χ3v) is 7.19. The zero-order chi connectivity index (χ0) is 26.9. The number of hydrogen-bond acceptors (Lipinski definition) is 7. The van der Waals surface area contributed by atoms with E-state index in [-0.39, 0.29) is 11.6 Å². The van der Waals surface area contributed by atoms with Crippen LogP contribution in [0.5, 0.6) is 0 Å². The summed E-state index contributed by atoms with van der Waals surface area (Å²) in [5.74, 6) is 1.39. The maximum Gasteiger partial charge on any atom is 0.407 e. The molecule has 1 unspecified atom stereocenters. The Morgan fingerprint density at radius 2 is 1.68 bits per heavy atom. The highest BCUT2D eigenvalue weighted by atomic mass is 16.6. The van der Waals surface area contributed by atoms with Crippen LogP contribution in [0, 0.1) is 0 Å². The van der Waals surface area contributed by atoms with E-state index in [0.717, 1.165) is 50.9 Å². The summed E-state index contributed by atoms with van der Waals surface area (Å²) in [6.45, 7) is 9.24. The molecule has 0 saturated carbocycles. The van der Waals surface area contributed by atoms with Crippen LogP contribution in [0.4, 0.5) is 16.7 Å². The van der Waals surface area contributed by atoms with E-state index in [1.54, 1.807) is 11.6 Å². The minimum absolute atomic E-state index is 0.0803. The Kier molecular flexibility index (Phi) is 7.32. The Morgan fingerprint density at radius 1 is 1.00 bits per heavy atom. The number of anilines is 2. The highest BCUT2D eigenvalue weighted by Gasteiger charge is 2.29. The zero-order valence-electron chi connectivity index (χ0n) is 22.9. The van der Waals surface area contributed by atoms with Gasteiger partial charge in [0.2, 0.25) is 11.9 Å². The van der Waals surface area contributed by atoms with E-state index >= 15 is 0 Å². The fourth-order valence-electron chi connectivity index (χ4n) is 5.42. The number of nitrogens with zero attached hydrogens (tertiary/aromatic N) is 6. The predicted molar refractivity (Wildman–Crippen MR) is 149 cm³/mol. The molecule has 0 bridgehead atoms. The van der Waals surface area contributed by atoms with Gasteiger partial charge in [0.05, 0.1) is 6.54 Å². The standard InChI is InChI=1S/C28H39N7O3/c1-28(2,3)38-27(37)29-21-14-11-17-34(19-21)26-31-23-22(35(26)18-20-12-7-5-8-13-20)24(36)32(4)25(30-23)33-15-9-6-10-16-33/h5,7-8,12-13,21H,6,9-11,14-19H2,1-4H3,(H,29,37). The van der Waals surface area contributed by atoms with Crippen molar-refractivity contribution in [1.82, 2.24) is 24.4 Å². The van der Waals surface area contributed by atoms with Gasteiger partial charge in [0.25, 0.3) is 5.56 Å². The molecule has 3 aromatic rings. The summed E-state index contributed by atoms with van der Waals surface area (Å²) in [6.07, 6.45) is 4.73. The number of nitrogens with one attached hydrogen (secondary N) is 1. The van der Waals surface area contributed by atoms with Gasteiger partial charge in [-0.3, -0.25) is 13.9 Å². The largest absolute Gasteiger partial charge is 0.444 e. The average molecular weight is 522 g/mol. The van der Waals surface area contributed by atoms with Gasteiger partial charge in [-0.1, -0.05) is 30.3 Å². The van der Waals surface area contributed by atoms with E-state index < -0.39 is 11.7 Å². The van der Waals surface area contributed by atoms with Crippen LogP contribution in [-0.2, 0) is 18.3 Å². The number of imidazole rings is 1. The molecule has 2 aromatic heterocycles. The van der Waals surface area contributed by atoms with Crippen LogP contribution in [0.25, 0.3) is 11.2 Å². The van der Waals surface area contributed by atoms with Crippen molar-refractivity contribution in [2.24, 2.45) is 7.05 Å². The fourth-order valence-corrected chi connectivity index (χ4v) is 5.42. The number of carbonyl (C=O) groups is 1. The number of aromatic nitrogens is 4. The number of hydrogen-bond donors (Lipinski definition) is 1. The van der Waals surface area contributed by atoms with Crippen LogP contribution in [0.1, 0.15) is 58.4 Å².